The van der Waals surface area contributed by atoms with Crippen LogP contribution in [0, 0.1) is 5.82 Å². The summed E-state index contributed by atoms with van der Waals surface area (Å²) < 4.78 is 24.2. The second kappa shape index (κ2) is 10.1. The maximum atomic E-state index is 14.2. The fourth-order valence-corrected chi connectivity index (χ4v) is 3.65. The molecule has 1 fully saturated rings. The number of amides is 2. The Morgan fingerprint density at radius 3 is 2.69 bits per heavy atom. The molecule has 1 aromatic heterocycles. The molecule has 3 N–H and O–H groups in total. The predicted molar refractivity (Wildman–Crippen MR) is 124 cm³/mol. The number of anilines is 2. The van der Waals surface area contributed by atoms with Gasteiger partial charge >= 0.3 is 5.76 Å². The first-order valence-electron chi connectivity index (χ1n) is 10.8. The van der Waals surface area contributed by atoms with E-state index in [0.29, 0.717) is 22.8 Å². The highest BCUT2D eigenvalue weighted by Crippen LogP contribution is 2.24. The van der Waals surface area contributed by atoms with Gasteiger partial charge in [0.15, 0.2) is 11.9 Å². The van der Waals surface area contributed by atoms with Gasteiger partial charge in [-0.15, -0.1) is 0 Å². The molecule has 11 nitrogen and oxygen atoms in total. The van der Waals surface area contributed by atoms with Gasteiger partial charge in [-0.2, -0.15) is 0 Å². The van der Waals surface area contributed by atoms with E-state index in [2.05, 4.69) is 20.0 Å². The first kappa shape index (κ1) is 24.1. The number of aromatic nitrogens is 2. The number of halogens is 1. The molecule has 0 radical (unpaired) electrons. The van der Waals surface area contributed by atoms with Gasteiger partial charge in [0, 0.05) is 44.1 Å². The summed E-state index contributed by atoms with van der Waals surface area (Å²) in [7, 11) is 3.02. The standard InChI is InChI=1S/C23H24FN5O6/c1-28(2)21(31)16-11-15(7-8-17(16)24)29-9-10-34-19(22(29)32)18(30)12-25-14-5-3-13(4-6-14)20-26-23(33)35-27-20/h3-8,11,18-19,25,30H,9-10,12H2,1-2H3,(H,26,27,33). The van der Waals surface area contributed by atoms with Gasteiger partial charge in [0.2, 0.25) is 0 Å². The van der Waals surface area contributed by atoms with Gasteiger partial charge < -0.3 is 25.0 Å². The lowest BCUT2D eigenvalue weighted by Gasteiger charge is -2.35. The summed E-state index contributed by atoms with van der Waals surface area (Å²) in [5, 5.41) is 17.3. The molecule has 35 heavy (non-hydrogen) atoms. The Morgan fingerprint density at radius 2 is 2.03 bits per heavy atom. The highest BCUT2D eigenvalue weighted by molar-refractivity contribution is 6.00. The third kappa shape index (κ3) is 5.23. The molecular formula is C23H24FN5O6. The molecule has 1 aliphatic rings. The third-order valence-corrected chi connectivity index (χ3v) is 5.48. The van der Waals surface area contributed by atoms with E-state index in [0.717, 1.165) is 6.07 Å². The molecule has 2 atom stereocenters. The van der Waals surface area contributed by atoms with Crippen LogP contribution in [0.15, 0.2) is 51.8 Å². The molecule has 184 valence electrons. The van der Waals surface area contributed by atoms with Crippen LogP contribution in [0.2, 0.25) is 0 Å². The van der Waals surface area contributed by atoms with E-state index < -0.39 is 35.6 Å². The number of nitrogens with one attached hydrogen (secondary N) is 2. The van der Waals surface area contributed by atoms with E-state index in [1.807, 2.05) is 0 Å². The zero-order valence-corrected chi connectivity index (χ0v) is 19.0. The van der Waals surface area contributed by atoms with Gasteiger partial charge in [0.25, 0.3) is 11.8 Å². The van der Waals surface area contributed by atoms with Crippen LogP contribution in [0.5, 0.6) is 0 Å². The summed E-state index contributed by atoms with van der Waals surface area (Å²) in [6, 6.07) is 10.7. The number of aromatic amines is 1. The summed E-state index contributed by atoms with van der Waals surface area (Å²) in [5.41, 5.74) is 1.49. The topological polar surface area (TPSA) is 141 Å². The largest absolute Gasteiger partial charge is 0.439 e. The first-order valence-corrected chi connectivity index (χ1v) is 10.8. The van der Waals surface area contributed by atoms with Gasteiger partial charge in [-0.3, -0.25) is 19.1 Å². The molecule has 3 aromatic rings. The predicted octanol–water partition coefficient (Wildman–Crippen LogP) is 1.08. The SMILES string of the molecule is CN(C)C(=O)c1cc(N2CCOC(C(O)CNc3ccc(-c4noc(=O)[nH]4)cc3)C2=O)ccc1F. The number of carbonyl (C=O) groups is 2. The van der Waals surface area contributed by atoms with Gasteiger partial charge in [0.1, 0.15) is 11.9 Å². The summed E-state index contributed by atoms with van der Waals surface area (Å²) in [5.74, 6) is -2.07. The van der Waals surface area contributed by atoms with Crippen LogP contribution in [0.4, 0.5) is 15.8 Å². The van der Waals surface area contributed by atoms with Gasteiger partial charge in [-0.1, -0.05) is 5.16 Å². The van der Waals surface area contributed by atoms with Crippen molar-refractivity contribution in [1.82, 2.24) is 15.0 Å². The second-order valence-electron chi connectivity index (χ2n) is 8.11. The lowest BCUT2D eigenvalue weighted by atomic mass is 10.1. The lowest BCUT2D eigenvalue weighted by Crippen LogP contribution is -2.54. The van der Waals surface area contributed by atoms with Crippen LogP contribution in [0.25, 0.3) is 11.4 Å². The summed E-state index contributed by atoms with van der Waals surface area (Å²) >= 11 is 0. The molecule has 2 amide bonds. The van der Waals surface area contributed by atoms with Crippen molar-refractivity contribution >= 4 is 23.2 Å². The van der Waals surface area contributed by atoms with Crippen molar-refractivity contribution in [2.24, 2.45) is 0 Å². The Balaban J connectivity index is 1.41. The summed E-state index contributed by atoms with van der Waals surface area (Å²) in [4.78, 5) is 41.5. The number of nitrogens with zero attached hydrogens (tertiary/aromatic N) is 3. The van der Waals surface area contributed by atoms with Crippen LogP contribution < -0.4 is 16.0 Å². The zero-order chi connectivity index (χ0) is 25.1. The molecule has 0 aliphatic carbocycles. The molecule has 1 aliphatic heterocycles. The Morgan fingerprint density at radius 1 is 1.29 bits per heavy atom. The molecule has 1 saturated heterocycles. The molecule has 0 saturated carbocycles. The number of H-pyrrole nitrogens is 1. The first-order chi connectivity index (χ1) is 16.7. The van der Waals surface area contributed by atoms with Crippen molar-refractivity contribution < 1.29 is 28.3 Å². The third-order valence-electron chi connectivity index (χ3n) is 5.48. The number of carbonyl (C=O) groups excluding carboxylic acids is 2. The minimum absolute atomic E-state index is 0.0121. The number of aliphatic hydroxyl groups excluding tert-OH is 1. The molecular weight excluding hydrogens is 461 g/mol. The van der Waals surface area contributed by atoms with Crippen LogP contribution in [-0.4, -0.2) is 78.0 Å². The Kier molecular flexibility index (Phi) is 6.94. The number of hydrogen-bond donors (Lipinski definition) is 3. The monoisotopic (exact) mass is 485 g/mol. The van der Waals surface area contributed by atoms with Gasteiger partial charge in [-0.25, -0.2) is 9.18 Å². The summed E-state index contributed by atoms with van der Waals surface area (Å²) in [6.07, 6.45) is -2.33. The Hall–Kier alpha value is -4.03. The van der Waals surface area contributed by atoms with Crippen LogP contribution in [-0.2, 0) is 9.53 Å². The molecule has 2 heterocycles. The van der Waals surface area contributed by atoms with Crippen molar-refractivity contribution in [3.63, 3.8) is 0 Å². The van der Waals surface area contributed by atoms with Crippen LogP contribution in [0.1, 0.15) is 10.4 Å². The maximum Gasteiger partial charge on any atom is 0.439 e. The number of hydrogen-bond acceptors (Lipinski definition) is 8. The molecule has 4 rings (SSSR count). The Labute approximate surface area is 199 Å². The zero-order valence-electron chi connectivity index (χ0n) is 19.0. The van der Waals surface area contributed by atoms with Gasteiger partial charge in [0.05, 0.1) is 12.2 Å². The van der Waals surface area contributed by atoms with E-state index in [1.54, 1.807) is 24.3 Å². The van der Waals surface area contributed by atoms with Crippen LogP contribution in [0.3, 0.4) is 0 Å². The maximum absolute atomic E-state index is 14.2. The average Bonchev–Trinajstić information content (AvgIpc) is 3.29. The number of morpholine rings is 1. The molecule has 0 spiro atoms. The van der Waals surface area contributed by atoms with Crippen molar-refractivity contribution in [3.8, 4) is 11.4 Å². The number of benzene rings is 2. The molecule has 12 heteroatoms. The fraction of sp³-hybridized carbons (Fsp3) is 0.304. The highest BCUT2D eigenvalue weighted by atomic mass is 19.1. The lowest BCUT2D eigenvalue weighted by molar-refractivity contribution is -0.141. The number of aliphatic hydroxyl groups is 1. The molecule has 0 bridgehead atoms. The second-order valence-corrected chi connectivity index (χ2v) is 8.11. The van der Waals surface area contributed by atoms with E-state index in [-0.39, 0.29) is 25.3 Å². The molecule has 2 unspecified atom stereocenters. The van der Waals surface area contributed by atoms with E-state index >= 15 is 0 Å². The van der Waals surface area contributed by atoms with E-state index in [9.17, 15) is 23.9 Å². The summed E-state index contributed by atoms with van der Waals surface area (Å²) in [6.45, 7) is 0.368. The smallest absolute Gasteiger partial charge is 0.388 e. The average molecular weight is 485 g/mol. The minimum Gasteiger partial charge on any atom is -0.388 e. The van der Waals surface area contributed by atoms with Crippen molar-refractivity contribution in [1.29, 1.82) is 0 Å². The highest BCUT2D eigenvalue weighted by Gasteiger charge is 2.36. The van der Waals surface area contributed by atoms with E-state index in [1.165, 1.54) is 36.0 Å². The van der Waals surface area contributed by atoms with E-state index in [4.69, 9.17) is 4.74 Å². The quantitative estimate of drug-likeness (QED) is 0.452. The van der Waals surface area contributed by atoms with Crippen molar-refractivity contribution in [2.75, 3.05) is 44.0 Å². The minimum atomic E-state index is -1.18. The van der Waals surface area contributed by atoms with Crippen molar-refractivity contribution in [2.45, 2.75) is 12.2 Å². The Bertz CT molecular complexity index is 1270. The van der Waals surface area contributed by atoms with Crippen LogP contribution >= 0.6 is 0 Å². The molecule has 2 aromatic carbocycles. The number of ether oxygens (including phenoxy) is 1. The van der Waals surface area contributed by atoms with Crippen molar-refractivity contribution in [3.05, 3.63) is 64.4 Å². The fourth-order valence-electron chi connectivity index (χ4n) is 3.65. The number of rotatable bonds is 7. The normalized spacial score (nSPS) is 16.7. The van der Waals surface area contributed by atoms with Gasteiger partial charge in [-0.05, 0) is 42.5 Å².